The smallest absolute Gasteiger partial charge is 0.242 e. The number of nitrogens with zero attached hydrogens (tertiary/aromatic N) is 2. The lowest BCUT2D eigenvalue weighted by atomic mass is 10.1. The Morgan fingerprint density at radius 1 is 1.11 bits per heavy atom. The van der Waals surface area contributed by atoms with E-state index in [1.807, 2.05) is 19.1 Å². The van der Waals surface area contributed by atoms with Crippen LogP contribution in [0.3, 0.4) is 0 Å². The molecule has 0 spiro atoms. The molecule has 1 atom stereocenters. The number of rotatable bonds is 5. The van der Waals surface area contributed by atoms with Gasteiger partial charge in [0.05, 0.1) is 4.90 Å². The molecule has 0 aliphatic heterocycles. The highest BCUT2D eigenvalue weighted by Gasteiger charge is 2.28. The summed E-state index contributed by atoms with van der Waals surface area (Å²) in [5.41, 5.74) is 2.81. The van der Waals surface area contributed by atoms with Crippen LogP contribution in [0, 0.1) is 26.6 Å². The maximum Gasteiger partial charge on any atom is 0.242 e. The molecule has 1 N–H and O–H groups in total. The number of nitrogens with one attached hydrogen (secondary N) is 1. The highest BCUT2D eigenvalue weighted by Crippen LogP contribution is 2.27. The molecule has 2 aromatic carbocycles. The molecule has 0 saturated heterocycles. The minimum absolute atomic E-state index is 0.240. The van der Waals surface area contributed by atoms with Crippen LogP contribution in [0.4, 0.5) is 4.39 Å². The Morgan fingerprint density at radius 2 is 1.78 bits per heavy atom. The summed E-state index contributed by atoms with van der Waals surface area (Å²) in [4.78, 5) is 4.51. The summed E-state index contributed by atoms with van der Waals surface area (Å²) in [5.74, 6) is 0.0418. The molecule has 0 amide bonds. The fraction of sp³-hybridized carbons (Fsp3) is 0.250. The molecule has 1 unspecified atom stereocenters. The first kappa shape index (κ1) is 19.3. The SMILES string of the molecule is Cc1cc(C)c(S(=O)(=O)NC(c2cccc(F)c2)c2nccn2C)c(C)c1. The lowest BCUT2D eigenvalue weighted by Gasteiger charge is -2.21. The van der Waals surface area contributed by atoms with Crippen LogP contribution < -0.4 is 4.72 Å². The summed E-state index contributed by atoms with van der Waals surface area (Å²) in [5, 5.41) is 0. The maximum absolute atomic E-state index is 13.8. The Kier molecular flexibility index (Phi) is 5.17. The van der Waals surface area contributed by atoms with Crippen LogP contribution in [0.5, 0.6) is 0 Å². The number of sulfonamides is 1. The monoisotopic (exact) mass is 387 g/mol. The summed E-state index contributed by atoms with van der Waals surface area (Å²) in [6.07, 6.45) is 3.30. The zero-order chi connectivity index (χ0) is 19.8. The second kappa shape index (κ2) is 7.25. The second-order valence-electron chi connectivity index (χ2n) is 6.73. The standard InChI is InChI=1S/C20H22FN3O2S/c1-13-10-14(2)19(15(3)11-13)27(25,26)23-18(20-22-8-9-24(20)4)16-6-5-7-17(21)12-16/h5-12,18,23H,1-4H3. The molecular weight excluding hydrogens is 365 g/mol. The Labute approximate surface area is 158 Å². The van der Waals surface area contributed by atoms with Crippen LogP contribution in [-0.4, -0.2) is 18.0 Å². The van der Waals surface area contributed by atoms with E-state index in [2.05, 4.69) is 9.71 Å². The lowest BCUT2D eigenvalue weighted by Crippen LogP contribution is -2.32. The third-order valence-electron chi connectivity index (χ3n) is 4.45. The number of aryl methyl sites for hydroxylation is 4. The van der Waals surface area contributed by atoms with Crippen molar-refractivity contribution in [2.75, 3.05) is 0 Å². The van der Waals surface area contributed by atoms with E-state index >= 15 is 0 Å². The minimum Gasteiger partial charge on any atom is -0.336 e. The maximum atomic E-state index is 13.8. The lowest BCUT2D eigenvalue weighted by molar-refractivity contribution is 0.559. The number of benzene rings is 2. The molecule has 0 fully saturated rings. The van der Waals surface area contributed by atoms with Crippen LogP contribution in [0.25, 0.3) is 0 Å². The van der Waals surface area contributed by atoms with E-state index in [1.165, 1.54) is 12.1 Å². The minimum atomic E-state index is -3.87. The van der Waals surface area contributed by atoms with Crippen molar-refractivity contribution in [1.29, 1.82) is 0 Å². The number of halogens is 1. The van der Waals surface area contributed by atoms with E-state index in [-0.39, 0.29) is 4.90 Å². The summed E-state index contributed by atoms with van der Waals surface area (Å²) in [6, 6.07) is 8.72. The van der Waals surface area contributed by atoms with Crippen LogP contribution in [0.15, 0.2) is 53.7 Å². The quantitative estimate of drug-likeness (QED) is 0.728. The van der Waals surface area contributed by atoms with E-state index in [0.717, 1.165) is 5.56 Å². The van der Waals surface area contributed by atoms with Crippen molar-refractivity contribution in [3.63, 3.8) is 0 Å². The van der Waals surface area contributed by atoms with Gasteiger partial charge in [0.25, 0.3) is 0 Å². The van der Waals surface area contributed by atoms with Crippen molar-refractivity contribution >= 4 is 10.0 Å². The van der Waals surface area contributed by atoms with Gasteiger partial charge < -0.3 is 4.57 Å². The highest BCUT2D eigenvalue weighted by atomic mass is 32.2. The Bertz CT molecular complexity index is 1070. The van der Waals surface area contributed by atoms with Gasteiger partial charge in [0, 0.05) is 19.4 Å². The molecule has 0 aliphatic carbocycles. The topological polar surface area (TPSA) is 64.0 Å². The van der Waals surface area contributed by atoms with E-state index in [9.17, 15) is 12.8 Å². The average Bonchev–Trinajstić information content (AvgIpc) is 2.97. The average molecular weight is 387 g/mol. The highest BCUT2D eigenvalue weighted by molar-refractivity contribution is 7.89. The molecule has 142 valence electrons. The molecular formula is C20H22FN3O2S. The van der Waals surface area contributed by atoms with Gasteiger partial charge in [-0.05, 0) is 49.6 Å². The first-order valence-electron chi connectivity index (χ1n) is 8.52. The molecule has 5 nitrogen and oxygen atoms in total. The van der Waals surface area contributed by atoms with Crippen LogP contribution in [0.2, 0.25) is 0 Å². The Morgan fingerprint density at radius 3 is 2.33 bits per heavy atom. The zero-order valence-electron chi connectivity index (χ0n) is 15.7. The van der Waals surface area contributed by atoms with Crippen LogP contribution >= 0.6 is 0 Å². The van der Waals surface area contributed by atoms with Crippen LogP contribution in [-0.2, 0) is 17.1 Å². The van der Waals surface area contributed by atoms with Gasteiger partial charge in [-0.3, -0.25) is 0 Å². The Balaban J connectivity index is 2.11. The number of aromatic nitrogens is 2. The fourth-order valence-corrected chi connectivity index (χ4v) is 5.05. The van der Waals surface area contributed by atoms with E-state index in [1.54, 1.807) is 50.0 Å². The van der Waals surface area contributed by atoms with Crippen molar-refractivity contribution < 1.29 is 12.8 Å². The van der Waals surface area contributed by atoms with Crippen LogP contribution in [0.1, 0.15) is 34.1 Å². The summed E-state index contributed by atoms with van der Waals surface area (Å²) >= 11 is 0. The third-order valence-corrected chi connectivity index (χ3v) is 6.17. The molecule has 1 aromatic heterocycles. The van der Waals surface area contributed by atoms with Crippen molar-refractivity contribution in [2.45, 2.75) is 31.7 Å². The molecule has 3 rings (SSSR count). The van der Waals surface area contributed by atoms with Gasteiger partial charge in [-0.15, -0.1) is 0 Å². The largest absolute Gasteiger partial charge is 0.336 e. The van der Waals surface area contributed by atoms with E-state index in [4.69, 9.17) is 0 Å². The van der Waals surface area contributed by atoms with Gasteiger partial charge >= 0.3 is 0 Å². The summed E-state index contributed by atoms with van der Waals surface area (Å²) < 4.78 is 44.7. The van der Waals surface area contributed by atoms with Gasteiger partial charge in [0.15, 0.2) is 0 Å². The number of hydrogen-bond donors (Lipinski definition) is 1. The Hall–Kier alpha value is -2.51. The molecule has 0 saturated carbocycles. The second-order valence-corrected chi connectivity index (χ2v) is 8.38. The molecule has 0 bridgehead atoms. The molecule has 7 heteroatoms. The first-order valence-corrected chi connectivity index (χ1v) is 10.00. The fourth-order valence-electron chi connectivity index (χ4n) is 3.42. The van der Waals surface area contributed by atoms with E-state index < -0.39 is 21.9 Å². The molecule has 0 radical (unpaired) electrons. The van der Waals surface area contributed by atoms with Crippen molar-refractivity contribution in [3.05, 3.63) is 82.7 Å². The summed E-state index contributed by atoms with van der Waals surface area (Å²) in [6.45, 7) is 5.46. The third kappa shape index (κ3) is 3.94. The zero-order valence-corrected chi connectivity index (χ0v) is 16.5. The predicted molar refractivity (Wildman–Crippen MR) is 102 cm³/mol. The van der Waals surface area contributed by atoms with Gasteiger partial charge in [0.2, 0.25) is 10.0 Å². The normalized spacial score (nSPS) is 12.9. The predicted octanol–water partition coefficient (Wildman–Crippen LogP) is 3.55. The van der Waals surface area contributed by atoms with Crippen molar-refractivity contribution in [3.8, 4) is 0 Å². The van der Waals surface area contributed by atoms with Crippen molar-refractivity contribution in [1.82, 2.24) is 14.3 Å². The van der Waals surface area contributed by atoms with Gasteiger partial charge in [-0.2, -0.15) is 4.72 Å². The molecule has 27 heavy (non-hydrogen) atoms. The molecule has 3 aromatic rings. The number of imidazole rings is 1. The molecule has 1 heterocycles. The first-order chi connectivity index (χ1) is 12.7. The number of hydrogen-bond acceptors (Lipinski definition) is 3. The van der Waals surface area contributed by atoms with Gasteiger partial charge in [-0.25, -0.2) is 17.8 Å². The molecule has 0 aliphatic rings. The van der Waals surface area contributed by atoms with Gasteiger partial charge in [-0.1, -0.05) is 29.8 Å². The van der Waals surface area contributed by atoms with Gasteiger partial charge in [0.1, 0.15) is 17.7 Å². The van der Waals surface area contributed by atoms with Crippen molar-refractivity contribution in [2.24, 2.45) is 7.05 Å². The van der Waals surface area contributed by atoms with E-state index in [0.29, 0.717) is 22.5 Å². The summed E-state index contributed by atoms with van der Waals surface area (Å²) in [7, 11) is -2.10.